The van der Waals surface area contributed by atoms with Gasteiger partial charge in [-0.3, -0.25) is 10.1 Å². The first-order valence-corrected chi connectivity index (χ1v) is 10.1. The van der Waals surface area contributed by atoms with E-state index in [-0.39, 0.29) is 5.91 Å². The molecule has 2 N–H and O–H groups in total. The van der Waals surface area contributed by atoms with Gasteiger partial charge in [-0.1, -0.05) is 48.5 Å². The van der Waals surface area contributed by atoms with Crippen LogP contribution in [0.15, 0.2) is 72.9 Å². The van der Waals surface area contributed by atoms with Gasteiger partial charge in [0.05, 0.1) is 4.88 Å². The highest BCUT2D eigenvalue weighted by atomic mass is 32.1. The lowest BCUT2D eigenvalue weighted by molar-refractivity contribution is 0.0980. The van der Waals surface area contributed by atoms with Gasteiger partial charge in [-0.25, -0.2) is 0 Å². The van der Waals surface area contributed by atoms with Gasteiger partial charge in [0.1, 0.15) is 4.83 Å². The van der Waals surface area contributed by atoms with Crippen LogP contribution in [-0.4, -0.2) is 15.6 Å². The first kappa shape index (κ1) is 18.4. The van der Waals surface area contributed by atoms with Crippen molar-refractivity contribution in [2.45, 2.75) is 13.5 Å². The zero-order valence-electron chi connectivity index (χ0n) is 15.3. The van der Waals surface area contributed by atoms with Crippen molar-refractivity contribution < 1.29 is 4.79 Å². The Bertz CT molecular complexity index is 1130. The minimum atomic E-state index is -0.189. The molecule has 4 rings (SSSR count). The van der Waals surface area contributed by atoms with Gasteiger partial charge in [0, 0.05) is 23.8 Å². The highest BCUT2D eigenvalue weighted by Gasteiger charge is 2.16. The summed E-state index contributed by atoms with van der Waals surface area (Å²) in [6, 6.07) is 22.0. The van der Waals surface area contributed by atoms with Crippen molar-refractivity contribution in [3.05, 3.63) is 88.9 Å². The maximum absolute atomic E-state index is 12.7. The number of fused-ring (bicyclic) bond motifs is 1. The van der Waals surface area contributed by atoms with Crippen LogP contribution in [-0.2, 0) is 6.54 Å². The van der Waals surface area contributed by atoms with Crippen LogP contribution in [0, 0.1) is 6.92 Å². The third-order valence-corrected chi connectivity index (χ3v) is 5.84. The average molecular weight is 406 g/mol. The maximum Gasteiger partial charge on any atom is 0.267 e. The van der Waals surface area contributed by atoms with Gasteiger partial charge in [-0.15, -0.1) is 11.3 Å². The molecule has 1 amide bonds. The van der Waals surface area contributed by atoms with E-state index >= 15 is 0 Å². The van der Waals surface area contributed by atoms with Crippen LogP contribution in [0.3, 0.4) is 0 Å². The lowest BCUT2D eigenvalue weighted by Gasteiger charge is -2.08. The SMILES string of the molecule is Cc1cn(-c2ccccc2)c2sc(C(=O)NC(=S)NCc3ccccc3)cc12. The van der Waals surface area contributed by atoms with E-state index in [0.29, 0.717) is 16.5 Å². The number of hydrogen-bond donors (Lipinski definition) is 2. The number of hydrogen-bond acceptors (Lipinski definition) is 3. The number of thiocarbonyl (C=S) groups is 1. The molecule has 0 radical (unpaired) electrons. The number of rotatable bonds is 4. The van der Waals surface area contributed by atoms with Crippen molar-refractivity contribution in [2.75, 3.05) is 0 Å². The molecule has 0 spiro atoms. The van der Waals surface area contributed by atoms with Crippen LogP contribution in [0.5, 0.6) is 0 Å². The summed E-state index contributed by atoms with van der Waals surface area (Å²) in [5.41, 5.74) is 3.32. The molecule has 0 unspecified atom stereocenters. The molecule has 0 atom stereocenters. The quantitative estimate of drug-likeness (QED) is 0.479. The van der Waals surface area contributed by atoms with Gasteiger partial charge < -0.3 is 9.88 Å². The summed E-state index contributed by atoms with van der Waals surface area (Å²) < 4.78 is 2.12. The number of nitrogens with one attached hydrogen (secondary N) is 2. The molecule has 140 valence electrons. The molecule has 0 bridgehead atoms. The van der Waals surface area contributed by atoms with Crippen LogP contribution in [0.2, 0.25) is 0 Å². The standard InChI is InChI=1S/C22H19N3OS2/c1-15-14-25(17-10-6-3-7-11-17)21-18(15)12-19(28-21)20(26)24-22(27)23-13-16-8-4-2-5-9-16/h2-12,14H,13H2,1H3,(H2,23,24,26,27). The molecule has 2 aromatic carbocycles. The zero-order valence-corrected chi connectivity index (χ0v) is 16.9. The summed E-state index contributed by atoms with van der Waals surface area (Å²) >= 11 is 6.74. The smallest absolute Gasteiger partial charge is 0.267 e. The van der Waals surface area contributed by atoms with E-state index in [2.05, 4.69) is 40.5 Å². The second-order valence-corrected chi connectivity index (χ2v) is 7.91. The Balaban J connectivity index is 1.49. The first-order chi connectivity index (χ1) is 13.6. The third kappa shape index (κ3) is 3.83. The average Bonchev–Trinajstić information content (AvgIpc) is 3.29. The minimum Gasteiger partial charge on any atom is -0.358 e. The molecule has 28 heavy (non-hydrogen) atoms. The van der Waals surface area contributed by atoms with Crippen molar-refractivity contribution in [1.82, 2.24) is 15.2 Å². The molecule has 2 heterocycles. The molecule has 0 aliphatic carbocycles. The number of nitrogens with zero attached hydrogens (tertiary/aromatic N) is 1. The van der Waals surface area contributed by atoms with Crippen molar-refractivity contribution in [2.24, 2.45) is 0 Å². The number of carbonyl (C=O) groups excluding carboxylic acids is 1. The summed E-state index contributed by atoms with van der Waals surface area (Å²) in [6.45, 7) is 2.63. The minimum absolute atomic E-state index is 0.189. The molecule has 0 aliphatic heterocycles. The molecule has 0 saturated carbocycles. The van der Waals surface area contributed by atoms with E-state index in [4.69, 9.17) is 12.2 Å². The molecular weight excluding hydrogens is 386 g/mol. The van der Waals surface area contributed by atoms with Crippen LogP contribution in [0.25, 0.3) is 15.9 Å². The number of carbonyl (C=O) groups is 1. The number of aromatic nitrogens is 1. The van der Waals surface area contributed by atoms with Gasteiger partial charge in [0.25, 0.3) is 5.91 Å². The lowest BCUT2D eigenvalue weighted by atomic mass is 10.2. The van der Waals surface area contributed by atoms with Gasteiger partial charge in [-0.2, -0.15) is 0 Å². The van der Waals surface area contributed by atoms with Crippen molar-refractivity contribution >= 4 is 44.8 Å². The first-order valence-electron chi connectivity index (χ1n) is 8.92. The Labute approximate surface area is 172 Å². The Kier molecular flexibility index (Phi) is 5.23. The van der Waals surface area contributed by atoms with Crippen LogP contribution < -0.4 is 10.6 Å². The van der Waals surface area contributed by atoms with E-state index in [1.807, 2.05) is 54.6 Å². The van der Waals surface area contributed by atoms with E-state index in [1.165, 1.54) is 11.3 Å². The van der Waals surface area contributed by atoms with Crippen molar-refractivity contribution in [3.63, 3.8) is 0 Å². The molecule has 0 fully saturated rings. The van der Waals surface area contributed by atoms with Gasteiger partial charge >= 0.3 is 0 Å². The highest BCUT2D eigenvalue weighted by molar-refractivity contribution is 7.80. The van der Waals surface area contributed by atoms with Crippen molar-refractivity contribution in [1.29, 1.82) is 0 Å². The fourth-order valence-electron chi connectivity index (χ4n) is 3.04. The summed E-state index contributed by atoms with van der Waals surface area (Å²) in [6.07, 6.45) is 2.10. The monoisotopic (exact) mass is 405 g/mol. The summed E-state index contributed by atoms with van der Waals surface area (Å²) in [5.74, 6) is -0.189. The van der Waals surface area contributed by atoms with E-state index < -0.39 is 0 Å². The Morgan fingerprint density at radius 1 is 1.07 bits per heavy atom. The number of benzene rings is 2. The summed E-state index contributed by atoms with van der Waals surface area (Å²) in [7, 11) is 0. The van der Waals surface area contributed by atoms with Crippen LogP contribution in [0.4, 0.5) is 0 Å². The largest absolute Gasteiger partial charge is 0.358 e. The molecule has 4 nitrogen and oxygen atoms in total. The zero-order chi connectivity index (χ0) is 19.5. The number of para-hydroxylation sites is 1. The van der Waals surface area contributed by atoms with Gasteiger partial charge in [-0.05, 0) is 48.5 Å². The molecular formula is C22H19N3OS2. The molecule has 0 saturated heterocycles. The molecule has 2 aromatic heterocycles. The summed E-state index contributed by atoms with van der Waals surface area (Å²) in [5, 5.41) is 7.27. The van der Waals surface area contributed by atoms with Crippen LogP contribution in [0.1, 0.15) is 20.8 Å². The van der Waals surface area contributed by atoms with E-state index in [0.717, 1.165) is 27.0 Å². The van der Waals surface area contributed by atoms with E-state index in [9.17, 15) is 4.79 Å². The van der Waals surface area contributed by atoms with Crippen molar-refractivity contribution in [3.8, 4) is 5.69 Å². The predicted octanol–water partition coefficient (Wildman–Crippen LogP) is 4.80. The second-order valence-electron chi connectivity index (χ2n) is 6.47. The maximum atomic E-state index is 12.7. The van der Waals surface area contributed by atoms with Gasteiger partial charge in [0.15, 0.2) is 5.11 Å². The fraction of sp³-hybridized carbons (Fsp3) is 0.0909. The topological polar surface area (TPSA) is 46.1 Å². The Morgan fingerprint density at radius 3 is 2.46 bits per heavy atom. The molecule has 4 aromatic rings. The number of aryl methyl sites for hydroxylation is 1. The van der Waals surface area contributed by atoms with Crippen LogP contribution >= 0.6 is 23.6 Å². The van der Waals surface area contributed by atoms with E-state index in [1.54, 1.807) is 0 Å². The Morgan fingerprint density at radius 2 is 1.75 bits per heavy atom. The number of amides is 1. The van der Waals surface area contributed by atoms with Gasteiger partial charge in [0.2, 0.25) is 0 Å². The second kappa shape index (κ2) is 7.96. The normalized spacial score (nSPS) is 10.8. The molecule has 6 heteroatoms. The Hall–Kier alpha value is -2.96. The summed E-state index contributed by atoms with van der Waals surface area (Å²) in [4.78, 5) is 14.3. The number of thiophene rings is 1. The highest BCUT2D eigenvalue weighted by Crippen LogP contribution is 2.32. The fourth-order valence-corrected chi connectivity index (χ4v) is 4.32. The lowest BCUT2D eigenvalue weighted by Crippen LogP contribution is -2.38. The predicted molar refractivity (Wildman–Crippen MR) is 119 cm³/mol. The third-order valence-electron chi connectivity index (χ3n) is 4.46. The molecule has 0 aliphatic rings.